The summed E-state index contributed by atoms with van der Waals surface area (Å²) < 4.78 is 6.12. The Kier molecular flexibility index (Phi) is 7.06. The predicted molar refractivity (Wildman–Crippen MR) is 108 cm³/mol. The van der Waals surface area contributed by atoms with E-state index in [4.69, 9.17) is 16.3 Å². The van der Waals surface area contributed by atoms with Gasteiger partial charge in [0.15, 0.2) is 0 Å². The van der Waals surface area contributed by atoms with Gasteiger partial charge in [-0.3, -0.25) is 9.59 Å². The van der Waals surface area contributed by atoms with Crippen LogP contribution >= 0.6 is 27.5 Å². The highest BCUT2D eigenvalue weighted by molar-refractivity contribution is 9.10. The molecule has 0 unspecified atom stereocenters. The maximum Gasteiger partial charge on any atom is 0.259 e. The Morgan fingerprint density at radius 2 is 1.92 bits per heavy atom. The van der Waals surface area contributed by atoms with Gasteiger partial charge in [0, 0.05) is 16.6 Å². The second-order valence-corrected chi connectivity index (χ2v) is 7.07. The summed E-state index contributed by atoms with van der Waals surface area (Å²) in [6.45, 7) is 3.79. The Morgan fingerprint density at radius 3 is 2.58 bits per heavy atom. The molecule has 2 amide bonds. The minimum atomic E-state index is -0.356. The van der Waals surface area contributed by atoms with Crippen molar-refractivity contribution in [3.8, 4) is 5.75 Å². The van der Waals surface area contributed by atoms with E-state index in [1.807, 2.05) is 19.9 Å². The van der Waals surface area contributed by atoms with Crippen molar-refractivity contribution in [3.05, 3.63) is 51.0 Å². The Balaban J connectivity index is 2.28. The number of halogens is 2. The zero-order chi connectivity index (χ0) is 19.3. The highest BCUT2D eigenvalue weighted by atomic mass is 79.9. The number of methoxy groups -OCH3 is 1. The van der Waals surface area contributed by atoms with Gasteiger partial charge in [-0.15, -0.1) is 0 Å². The van der Waals surface area contributed by atoms with Crippen LogP contribution in [-0.4, -0.2) is 18.9 Å². The second-order valence-electron chi connectivity index (χ2n) is 5.75. The van der Waals surface area contributed by atoms with Crippen LogP contribution in [0.5, 0.6) is 5.75 Å². The molecule has 138 valence electrons. The molecule has 2 aromatic rings. The van der Waals surface area contributed by atoms with E-state index in [-0.39, 0.29) is 11.8 Å². The molecule has 2 aromatic carbocycles. The summed E-state index contributed by atoms with van der Waals surface area (Å²) in [6.07, 6.45) is 1.18. The summed E-state index contributed by atoms with van der Waals surface area (Å²) in [5.74, 6) is 0.0517. The average Bonchev–Trinajstić information content (AvgIpc) is 2.57. The van der Waals surface area contributed by atoms with E-state index >= 15 is 0 Å². The monoisotopic (exact) mass is 438 g/mol. The first kappa shape index (κ1) is 20.3. The molecule has 0 aliphatic rings. The molecule has 0 spiro atoms. The Bertz CT molecular complexity index is 840. The lowest BCUT2D eigenvalue weighted by Crippen LogP contribution is -2.15. The normalized spacial score (nSPS) is 10.3. The number of carbonyl (C=O) groups is 2. The van der Waals surface area contributed by atoms with E-state index in [0.29, 0.717) is 34.1 Å². The van der Waals surface area contributed by atoms with Gasteiger partial charge in [0.25, 0.3) is 5.91 Å². The largest absolute Gasteiger partial charge is 0.496 e. The fraction of sp³-hybridized carbons (Fsp3) is 0.263. The number of hydrogen-bond acceptors (Lipinski definition) is 3. The molecular formula is C19H20BrClN2O3. The van der Waals surface area contributed by atoms with E-state index < -0.39 is 0 Å². The summed E-state index contributed by atoms with van der Waals surface area (Å²) >= 11 is 9.58. The summed E-state index contributed by atoms with van der Waals surface area (Å²) in [5, 5.41) is 5.93. The van der Waals surface area contributed by atoms with Gasteiger partial charge in [-0.05, 0) is 49.2 Å². The molecule has 2 rings (SSSR count). The van der Waals surface area contributed by atoms with Crippen LogP contribution in [-0.2, 0) is 4.79 Å². The number of anilines is 2. The van der Waals surface area contributed by atoms with Gasteiger partial charge < -0.3 is 15.4 Å². The van der Waals surface area contributed by atoms with Crippen molar-refractivity contribution in [1.82, 2.24) is 0 Å². The Labute approximate surface area is 166 Å². The van der Waals surface area contributed by atoms with Gasteiger partial charge in [-0.25, -0.2) is 0 Å². The lowest BCUT2D eigenvalue weighted by atomic mass is 10.1. The first-order valence-corrected chi connectivity index (χ1v) is 9.27. The van der Waals surface area contributed by atoms with Gasteiger partial charge in [0.1, 0.15) is 5.75 Å². The molecule has 0 radical (unpaired) electrons. The van der Waals surface area contributed by atoms with Crippen molar-refractivity contribution in [2.45, 2.75) is 26.7 Å². The summed E-state index contributed by atoms with van der Waals surface area (Å²) in [6, 6.07) is 8.50. The van der Waals surface area contributed by atoms with Crippen LogP contribution in [0.3, 0.4) is 0 Å². The first-order chi connectivity index (χ1) is 12.3. The molecule has 0 fully saturated rings. The van der Waals surface area contributed by atoms with Crippen molar-refractivity contribution < 1.29 is 14.3 Å². The molecule has 2 N–H and O–H groups in total. The molecule has 0 aliphatic carbocycles. The fourth-order valence-corrected chi connectivity index (χ4v) is 3.25. The van der Waals surface area contributed by atoms with Crippen LogP contribution in [0, 0.1) is 6.92 Å². The van der Waals surface area contributed by atoms with E-state index in [9.17, 15) is 9.59 Å². The van der Waals surface area contributed by atoms with Gasteiger partial charge in [-0.1, -0.05) is 34.5 Å². The number of amides is 2. The number of hydrogen-bond donors (Lipinski definition) is 2. The van der Waals surface area contributed by atoms with Crippen molar-refractivity contribution in [1.29, 1.82) is 0 Å². The molecule has 0 aliphatic heterocycles. The SMILES string of the molecule is CCCC(=O)Nc1ccc(Cl)c(NC(=O)c2cc(Br)cc(C)c2OC)c1. The summed E-state index contributed by atoms with van der Waals surface area (Å²) in [7, 11) is 1.52. The minimum Gasteiger partial charge on any atom is -0.496 e. The van der Waals surface area contributed by atoms with Gasteiger partial charge >= 0.3 is 0 Å². The van der Waals surface area contributed by atoms with Crippen LogP contribution in [0.15, 0.2) is 34.8 Å². The number of rotatable bonds is 6. The van der Waals surface area contributed by atoms with Crippen molar-refractivity contribution in [3.63, 3.8) is 0 Å². The summed E-state index contributed by atoms with van der Waals surface area (Å²) in [5.41, 5.74) is 2.20. The molecule has 7 heteroatoms. The topological polar surface area (TPSA) is 67.4 Å². The molecule has 0 aromatic heterocycles. The minimum absolute atomic E-state index is 0.0867. The molecular weight excluding hydrogens is 420 g/mol. The molecule has 0 bridgehead atoms. The van der Waals surface area contributed by atoms with Gasteiger partial charge in [-0.2, -0.15) is 0 Å². The fourth-order valence-electron chi connectivity index (χ4n) is 2.51. The van der Waals surface area contributed by atoms with E-state index in [1.54, 1.807) is 24.3 Å². The van der Waals surface area contributed by atoms with Crippen molar-refractivity contribution in [2.75, 3.05) is 17.7 Å². The van der Waals surface area contributed by atoms with Crippen molar-refractivity contribution >= 4 is 50.7 Å². The standard InChI is InChI=1S/C19H20BrClN2O3/c1-4-5-17(24)22-13-6-7-15(21)16(10-13)23-19(25)14-9-12(20)8-11(2)18(14)26-3/h6-10H,4-5H2,1-3H3,(H,22,24)(H,23,25). The quantitative estimate of drug-likeness (QED) is 0.632. The van der Waals surface area contributed by atoms with Crippen LogP contribution in [0.2, 0.25) is 5.02 Å². The maximum absolute atomic E-state index is 12.7. The maximum atomic E-state index is 12.7. The van der Waals surface area contributed by atoms with Crippen LogP contribution in [0.1, 0.15) is 35.7 Å². The number of ether oxygens (including phenoxy) is 1. The highest BCUT2D eigenvalue weighted by Gasteiger charge is 2.17. The third-order valence-corrected chi connectivity index (χ3v) is 4.45. The Morgan fingerprint density at radius 1 is 1.19 bits per heavy atom. The lowest BCUT2D eigenvalue weighted by molar-refractivity contribution is -0.116. The molecule has 0 saturated heterocycles. The van der Waals surface area contributed by atoms with Gasteiger partial charge in [0.2, 0.25) is 5.91 Å². The zero-order valence-electron chi connectivity index (χ0n) is 14.8. The smallest absolute Gasteiger partial charge is 0.259 e. The third-order valence-electron chi connectivity index (χ3n) is 3.66. The zero-order valence-corrected chi connectivity index (χ0v) is 17.1. The van der Waals surface area contributed by atoms with Crippen LogP contribution in [0.4, 0.5) is 11.4 Å². The van der Waals surface area contributed by atoms with E-state index in [2.05, 4.69) is 26.6 Å². The van der Waals surface area contributed by atoms with Crippen molar-refractivity contribution in [2.24, 2.45) is 0 Å². The van der Waals surface area contributed by atoms with E-state index in [1.165, 1.54) is 7.11 Å². The number of nitrogens with one attached hydrogen (secondary N) is 2. The Hall–Kier alpha value is -2.05. The van der Waals surface area contributed by atoms with Gasteiger partial charge in [0.05, 0.1) is 23.4 Å². The average molecular weight is 440 g/mol. The number of aryl methyl sites for hydroxylation is 1. The molecule has 0 saturated carbocycles. The molecule has 0 atom stereocenters. The molecule has 26 heavy (non-hydrogen) atoms. The van der Waals surface area contributed by atoms with E-state index in [0.717, 1.165) is 16.5 Å². The lowest BCUT2D eigenvalue weighted by Gasteiger charge is -2.14. The highest BCUT2D eigenvalue weighted by Crippen LogP contribution is 2.30. The predicted octanol–water partition coefficient (Wildman–Crippen LogP) is 5.41. The second kappa shape index (κ2) is 9.05. The summed E-state index contributed by atoms with van der Waals surface area (Å²) in [4.78, 5) is 24.5. The molecule has 5 nitrogen and oxygen atoms in total. The van der Waals surface area contributed by atoms with Crippen LogP contribution < -0.4 is 15.4 Å². The first-order valence-electron chi connectivity index (χ1n) is 8.10. The molecule has 0 heterocycles. The third kappa shape index (κ3) is 4.99. The number of benzene rings is 2. The number of carbonyl (C=O) groups excluding carboxylic acids is 2. The van der Waals surface area contributed by atoms with Crippen LogP contribution in [0.25, 0.3) is 0 Å².